The largest absolute Gasteiger partial charge is 0.466 e. The van der Waals surface area contributed by atoms with Gasteiger partial charge in [0.15, 0.2) is 23.3 Å². The number of anilines is 1. The molecule has 1 aromatic carbocycles. The summed E-state index contributed by atoms with van der Waals surface area (Å²) in [5.41, 5.74) is 0.904. The normalized spacial score (nSPS) is 19.2. The van der Waals surface area contributed by atoms with E-state index in [1.165, 1.54) is 17.4 Å². The number of amides is 1. The second-order valence-corrected chi connectivity index (χ2v) is 7.55. The summed E-state index contributed by atoms with van der Waals surface area (Å²) in [5, 5.41) is 4.80. The third-order valence-corrected chi connectivity index (χ3v) is 5.37. The maximum Gasteiger partial charge on any atom is 0.314 e. The molecule has 1 amide bonds. The Balaban J connectivity index is 1.56. The molecule has 28 heavy (non-hydrogen) atoms. The Hall–Kier alpha value is -2.39. The van der Waals surface area contributed by atoms with Crippen LogP contribution >= 0.6 is 11.3 Å². The molecule has 1 fully saturated rings. The van der Waals surface area contributed by atoms with Crippen LogP contribution in [0.25, 0.3) is 11.3 Å². The lowest BCUT2D eigenvalue weighted by molar-refractivity contribution is -0.899. The maximum absolute atomic E-state index is 13.4. The molecule has 0 bridgehead atoms. The van der Waals surface area contributed by atoms with Gasteiger partial charge < -0.3 is 9.64 Å². The first kappa shape index (κ1) is 20.3. The molecule has 0 radical (unpaired) electrons. The van der Waals surface area contributed by atoms with Crippen LogP contribution in [0.1, 0.15) is 19.8 Å². The molecule has 2 heterocycles. The van der Waals surface area contributed by atoms with Crippen molar-refractivity contribution in [3.05, 3.63) is 35.2 Å². The van der Waals surface area contributed by atoms with Gasteiger partial charge in [-0.25, -0.2) is 13.8 Å². The number of halogens is 2. The highest BCUT2D eigenvalue weighted by Gasteiger charge is 2.30. The van der Waals surface area contributed by atoms with Crippen molar-refractivity contribution in [1.82, 2.24) is 4.98 Å². The van der Waals surface area contributed by atoms with Crippen molar-refractivity contribution in [2.45, 2.75) is 19.8 Å². The van der Waals surface area contributed by atoms with Gasteiger partial charge in [-0.1, -0.05) is 0 Å². The van der Waals surface area contributed by atoms with E-state index in [-0.39, 0.29) is 24.3 Å². The highest BCUT2D eigenvalue weighted by molar-refractivity contribution is 7.14. The van der Waals surface area contributed by atoms with Gasteiger partial charge in [-0.2, -0.15) is 0 Å². The lowest BCUT2D eigenvalue weighted by atomic mass is 9.98. The van der Waals surface area contributed by atoms with Gasteiger partial charge >= 0.3 is 5.97 Å². The van der Waals surface area contributed by atoms with Crippen molar-refractivity contribution in [2.75, 3.05) is 31.6 Å². The summed E-state index contributed by atoms with van der Waals surface area (Å²) in [4.78, 5) is 29.5. The highest BCUT2D eigenvalue weighted by Crippen LogP contribution is 2.26. The number of nitrogens with zero attached hydrogens (tertiary/aromatic N) is 1. The zero-order valence-electron chi connectivity index (χ0n) is 15.5. The molecule has 1 aliphatic rings. The van der Waals surface area contributed by atoms with Crippen molar-refractivity contribution in [2.24, 2.45) is 5.92 Å². The number of thiazole rings is 1. The number of carbonyl (C=O) groups is 2. The number of hydrogen-bond acceptors (Lipinski definition) is 5. The van der Waals surface area contributed by atoms with Crippen LogP contribution in [-0.4, -0.2) is 43.1 Å². The molecule has 2 aromatic rings. The summed E-state index contributed by atoms with van der Waals surface area (Å²) < 4.78 is 31.5. The first-order valence-corrected chi connectivity index (χ1v) is 10.0. The van der Waals surface area contributed by atoms with Crippen LogP contribution in [0.4, 0.5) is 13.9 Å². The molecule has 1 unspecified atom stereocenters. The van der Waals surface area contributed by atoms with Crippen LogP contribution < -0.4 is 10.2 Å². The lowest BCUT2D eigenvalue weighted by Gasteiger charge is -2.28. The smallest absolute Gasteiger partial charge is 0.314 e. The van der Waals surface area contributed by atoms with E-state index in [9.17, 15) is 18.4 Å². The molecule has 2 N–H and O–H groups in total. The second-order valence-electron chi connectivity index (χ2n) is 6.69. The fourth-order valence-corrected chi connectivity index (χ4v) is 4.02. The standard InChI is InChI=1S/C19H21F2N3O3S/c1-2-27-18(26)13-4-3-7-24(9-13)10-17(25)23-19-22-16(11-28-19)12-5-6-14(20)15(21)8-12/h5-6,8,11,13H,2-4,7,9-10H2,1H3,(H,22,23,25)/p+1/t13-/m1/s1. The Morgan fingerprint density at radius 1 is 1.36 bits per heavy atom. The topological polar surface area (TPSA) is 72.7 Å². The maximum atomic E-state index is 13.4. The van der Waals surface area contributed by atoms with E-state index in [2.05, 4.69) is 10.3 Å². The molecule has 3 rings (SSSR count). The first-order valence-electron chi connectivity index (χ1n) is 9.17. The Morgan fingerprint density at radius 3 is 2.93 bits per heavy atom. The molecule has 2 atom stereocenters. The van der Waals surface area contributed by atoms with Crippen LogP contribution in [0.15, 0.2) is 23.6 Å². The summed E-state index contributed by atoms with van der Waals surface area (Å²) in [6, 6.07) is 3.55. The number of nitrogens with one attached hydrogen (secondary N) is 2. The number of aromatic nitrogens is 1. The SMILES string of the molecule is CCOC(=O)[C@@H]1CCC[NH+](CC(=O)Nc2nc(-c3ccc(F)c(F)c3)cs2)C1. The number of piperidine rings is 1. The van der Waals surface area contributed by atoms with E-state index in [0.29, 0.717) is 29.5 Å². The van der Waals surface area contributed by atoms with Gasteiger partial charge in [0, 0.05) is 10.9 Å². The number of hydrogen-bond donors (Lipinski definition) is 2. The summed E-state index contributed by atoms with van der Waals surface area (Å²) in [6.45, 7) is 3.76. The average Bonchev–Trinajstić information content (AvgIpc) is 3.12. The monoisotopic (exact) mass is 410 g/mol. The number of ether oxygens (including phenoxy) is 1. The van der Waals surface area contributed by atoms with Crippen molar-refractivity contribution >= 4 is 28.3 Å². The minimum atomic E-state index is -0.944. The minimum Gasteiger partial charge on any atom is -0.466 e. The van der Waals surface area contributed by atoms with Crippen molar-refractivity contribution in [1.29, 1.82) is 0 Å². The van der Waals surface area contributed by atoms with Crippen LogP contribution in [-0.2, 0) is 14.3 Å². The van der Waals surface area contributed by atoms with Crippen LogP contribution in [0, 0.1) is 17.6 Å². The van der Waals surface area contributed by atoms with Gasteiger partial charge in [0.25, 0.3) is 5.91 Å². The molecular formula is C19H22F2N3O3S+. The zero-order chi connectivity index (χ0) is 20.1. The number of quaternary nitrogens is 1. The van der Waals surface area contributed by atoms with Crippen LogP contribution in [0.3, 0.4) is 0 Å². The molecular weight excluding hydrogens is 388 g/mol. The summed E-state index contributed by atoms with van der Waals surface area (Å²) in [7, 11) is 0. The van der Waals surface area contributed by atoms with Gasteiger partial charge in [-0.15, -0.1) is 11.3 Å². The van der Waals surface area contributed by atoms with E-state index >= 15 is 0 Å². The van der Waals surface area contributed by atoms with Crippen molar-refractivity contribution < 1.29 is 28.0 Å². The van der Waals surface area contributed by atoms with Crippen LogP contribution in [0.5, 0.6) is 0 Å². The van der Waals surface area contributed by atoms with Gasteiger partial charge in [0.05, 0.1) is 25.4 Å². The van der Waals surface area contributed by atoms with E-state index in [0.717, 1.165) is 36.4 Å². The van der Waals surface area contributed by atoms with Gasteiger partial charge in [0.2, 0.25) is 0 Å². The molecule has 1 saturated heterocycles. The predicted molar refractivity (Wildman–Crippen MR) is 101 cm³/mol. The Bertz CT molecular complexity index is 859. The number of likely N-dealkylation sites (tertiary alicyclic amines) is 1. The Labute approximate surface area is 165 Å². The van der Waals surface area contributed by atoms with Gasteiger partial charge in [0.1, 0.15) is 5.92 Å². The van der Waals surface area contributed by atoms with E-state index in [4.69, 9.17) is 4.74 Å². The molecule has 1 aromatic heterocycles. The van der Waals surface area contributed by atoms with E-state index in [1.807, 2.05) is 0 Å². The lowest BCUT2D eigenvalue weighted by Crippen LogP contribution is -3.14. The summed E-state index contributed by atoms with van der Waals surface area (Å²) >= 11 is 1.21. The summed E-state index contributed by atoms with van der Waals surface area (Å²) in [5.74, 6) is -2.43. The summed E-state index contributed by atoms with van der Waals surface area (Å²) in [6.07, 6.45) is 1.65. The van der Waals surface area contributed by atoms with Crippen LogP contribution in [0.2, 0.25) is 0 Å². The molecule has 150 valence electrons. The van der Waals surface area contributed by atoms with E-state index < -0.39 is 11.6 Å². The van der Waals surface area contributed by atoms with Crippen molar-refractivity contribution in [3.63, 3.8) is 0 Å². The third kappa shape index (κ3) is 5.11. The quantitative estimate of drug-likeness (QED) is 0.714. The molecule has 0 aliphatic carbocycles. The predicted octanol–water partition coefficient (Wildman–Crippen LogP) is 1.88. The van der Waals surface area contributed by atoms with Gasteiger partial charge in [-0.05, 0) is 38.0 Å². The molecule has 6 nitrogen and oxygen atoms in total. The second kappa shape index (κ2) is 9.20. The number of benzene rings is 1. The molecule has 0 spiro atoms. The minimum absolute atomic E-state index is 0.170. The fraction of sp³-hybridized carbons (Fsp3) is 0.421. The van der Waals surface area contributed by atoms with E-state index in [1.54, 1.807) is 12.3 Å². The zero-order valence-corrected chi connectivity index (χ0v) is 16.3. The number of carbonyl (C=O) groups excluding carboxylic acids is 2. The fourth-order valence-electron chi connectivity index (χ4n) is 3.28. The first-order chi connectivity index (χ1) is 13.5. The average molecular weight is 410 g/mol. The third-order valence-electron chi connectivity index (χ3n) is 4.61. The number of rotatable bonds is 6. The molecule has 9 heteroatoms. The number of esters is 1. The molecule has 0 saturated carbocycles. The Kier molecular flexibility index (Phi) is 6.69. The highest BCUT2D eigenvalue weighted by atomic mass is 32.1. The molecule has 1 aliphatic heterocycles. The van der Waals surface area contributed by atoms with Gasteiger partial charge in [-0.3, -0.25) is 14.9 Å². The Morgan fingerprint density at radius 2 is 2.18 bits per heavy atom. The van der Waals surface area contributed by atoms with Crippen molar-refractivity contribution in [3.8, 4) is 11.3 Å².